The molecule has 1 heterocycles. The van der Waals surface area contributed by atoms with Crippen LogP contribution in [0, 0.1) is 5.92 Å². The zero-order chi connectivity index (χ0) is 15.9. The van der Waals surface area contributed by atoms with Gasteiger partial charge < -0.3 is 15.4 Å². The minimum Gasteiger partial charge on any atom is -0.497 e. The average molecular weight is 299 g/mol. The van der Waals surface area contributed by atoms with Crippen molar-refractivity contribution >= 4 is 17.4 Å². The quantitative estimate of drug-likeness (QED) is 0.858. The van der Waals surface area contributed by atoms with E-state index in [0.29, 0.717) is 23.0 Å². The maximum absolute atomic E-state index is 12.2. The third-order valence-corrected chi connectivity index (χ3v) is 3.05. The first-order chi connectivity index (χ1) is 10.6. The second-order valence-electron chi connectivity index (χ2n) is 5.39. The van der Waals surface area contributed by atoms with Crippen LogP contribution in [0.5, 0.6) is 5.75 Å². The summed E-state index contributed by atoms with van der Waals surface area (Å²) in [5.41, 5.74) is 1.47. The fraction of sp³-hybridized carbons (Fsp3) is 0.294. The van der Waals surface area contributed by atoms with Gasteiger partial charge in [-0.2, -0.15) is 0 Å². The molecule has 2 rings (SSSR count). The molecule has 0 unspecified atom stereocenters. The highest BCUT2D eigenvalue weighted by molar-refractivity contribution is 6.04. The van der Waals surface area contributed by atoms with Crippen LogP contribution in [0.3, 0.4) is 0 Å². The number of hydrogen-bond acceptors (Lipinski definition) is 4. The Labute approximate surface area is 130 Å². The molecule has 0 saturated heterocycles. The molecule has 1 aromatic carbocycles. The Hall–Kier alpha value is -2.56. The third-order valence-electron chi connectivity index (χ3n) is 3.05. The minimum atomic E-state index is -0.214. The number of carbonyl (C=O) groups excluding carboxylic acids is 1. The van der Waals surface area contributed by atoms with Gasteiger partial charge in [0.15, 0.2) is 0 Å². The molecule has 0 radical (unpaired) electrons. The average Bonchev–Trinajstić information content (AvgIpc) is 2.54. The van der Waals surface area contributed by atoms with Gasteiger partial charge >= 0.3 is 0 Å². The van der Waals surface area contributed by atoms with E-state index in [1.165, 1.54) is 0 Å². The van der Waals surface area contributed by atoms with Gasteiger partial charge in [0, 0.05) is 12.1 Å². The summed E-state index contributed by atoms with van der Waals surface area (Å²) in [6.45, 7) is 5.17. The van der Waals surface area contributed by atoms with Crippen molar-refractivity contribution in [2.75, 3.05) is 24.3 Å². The number of rotatable bonds is 6. The third kappa shape index (κ3) is 4.48. The number of nitrogens with zero attached hydrogens (tertiary/aromatic N) is 1. The van der Waals surface area contributed by atoms with E-state index >= 15 is 0 Å². The normalized spacial score (nSPS) is 10.4. The van der Waals surface area contributed by atoms with Gasteiger partial charge in [-0.15, -0.1) is 0 Å². The first-order valence-corrected chi connectivity index (χ1v) is 7.24. The summed E-state index contributed by atoms with van der Waals surface area (Å²) in [7, 11) is 1.57. The lowest BCUT2D eigenvalue weighted by Gasteiger charge is -2.10. The molecule has 0 aliphatic heterocycles. The molecule has 0 spiro atoms. The molecule has 0 aliphatic rings. The Balaban J connectivity index is 1.99. The highest BCUT2D eigenvalue weighted by atomic mass is 16.5. The van der Waals surface area contributed by atoms with E-state index < -0.39 is 0 Å². The van der Waals surface area contributed by atoms with Gasteiger partial charge in [0.25, 0.3) is 5.91 Å². The number of pyridine rings is 1. The molecule has 22 heavy (non-hydrogen) atoms. The second-order valence-corrected chi connectivity index (χ2v) is 5.39. The predicted octanol–water partition coefficient (Wildman–Crippen LogP) is 3.41. The number of nitrogens with one attached hydrogen (secondary N) is 2. The summed E-state index contributed by atoms with van der Waals surface area (Å²) >= 11 is 0. The minimum absolute atomic E-state index is 0.214. The van der Waals surface area contributed by atoms with E-state index in [2.05, 4.69) is 29.5 Å². The molecular formula is C17H21N3O2. The van der Waals surface area contributed by atoms with Crippen LogP contribution in [0.4, 0.5) is 11.5 Å². The fourth-order valence-electron chi connectivity index (χ4n) is 1.85. The molecule has 2 aromatic rings. The standard InChI is InChI=1S/C17H21N3O2/c1-12(2)10-18-14-7-8-16(19-11-14)20-17(21)13-5-4-6-15(9-13)22-3/h4-9,11-12,18H,10H2,1-3H3,(H,19,20,21). The SMILES string of the molecule is COc1cccc(C(=O)Nc2ccc(NCC(C)C)cn2)c1. The van der Waals surface area contributed by atoms with Crippen molar-refractivity contribution in [3.8, 4) is 5.75 Å². The lowest BCUT2D eigenvalue weighted by Crippen LogP contribution is -2.13. The molecule has 1 aromatic heterocycles. The summed E-state index contributed by atoms with van der Waals surface area (Å²) in [6, 6.07) is 10.7. The molecular weight excluding hydrogens is 278 g/mol. The number of anilines is 2. The number of hydrogen-bond donors (Lipinski definition) is 2. The van der Waals surface area contributed by atoms with E-state index in [1.807, 2.05) is 6.07 Å². The van der Waals surface area contributed by atoms with Crippen LogP contribution in [0.25, 0.3) is 0 Å². The van der Waals surface area contributed by atoms with Crippen molar-refractivity contribution in [3.63, 3.8) is 0 Å². The Bertz CT molecular complexity index is 624. The maximum Gasteiger partial charge on any atom is 0.256 e. The monoisotopic (exact) mass is 299 g/mol. The number of methoxy groups -OCH3 is 1. The summed E-state index contributed by atoms with van der Waals surface area (Å²) in [4.78, 5) is 16.4. The van der Waals surface area contributed by atoms with Crippen molar-refractivity contribution in [2.24, 2.45) is 5.92 Å². The van der Waals surface area contributed by atoms with Crippen LogP contribution in [0.1, 0.15) is 24.2 Å². The van der Waals surface area contributed by atoms with E-state index in [0.717, 1.165) is 12.2 Å². The highest BCUT2D eigenvalue weighted by Gasteiger charge is 2.07. The molecule has 0 atom stereocenters. The number of ether oxygens (including phenoxy) is 1. The van der Waals surface area contributed by atoms with E-state index in [9.17, 15) is 4.79 Å². The Morgan fingerprint density at radius 3 is 2.73 bits per heavy atom. The smallest absolute Gasteiger partial charge is 0.256 e. The molecule has 0 fully saturated rings. The van der Waals surface area contributed by atoms with Crippen molar-refractivity contribution in [1.29, 1.82) is 0 Å². The van der Waals surface area contributed by atoms with Crippen molar-refractivity contribution < 1.29 is 9.53 Å². The molecule has 116 valence electrons. The molecule has 0 saturated carbocycles. The number of amides is 1. The lowest BCUT2D eigenvalue weighted by molar-refractivity contribution is 0.102. The van der Waals surface area contributed by atoms with Gasteiger partial charge in [-0.25, -0.2) is 4.98 Å². The van der Waals surface area contributed by atoms with Gasteiger partial charge in [0.1, 0.15) is 11.6 Å². The summed E-state index contributed by atoms with van der Waals surface area (Å²) in [5.74, 6) is 1.51. The zero-order valence-electron chi connectivity index (χ0n) is 13.1. The van der Waals surface area contributed by atoms with Gasteiger partial charge in [-0.05, 0) is 36.2 Å². The van der Waals surface area contributed by atoms with Gasteiger partial charge in [0.2, 0.25) is 0 Å². The first-order valence-electron chi connectivity index (χ1n) is 7.24. The number of carbonyl (C=O) groups is 1. The Morgan fingerprint density at radius 1 is 1.27 bits per heavy atom. The van der Waals surface area contributed by atoms with Crippen molar-refractivity contribution in [1.82, 2.24) is 4.98 Å². The van der Waals surface area contributed by atoms with Gasteiger partial charge in [-0.3, -0.25) is 4.79 Å². The van der Waals surface area contributed by atoms with Crippen molar-refractivity contribution in [2.45, 2.75) is 13.8 Å². The topological polar surface area (TPSA) is 63.2 Å². The molecule has 5 nitrogen and oxygen atoms in total. The summed E-state index contributed by atoms with van der Waals surface area (Å²) in [6.07, 6.45) is 1.71. The van der Waals surface area contributed by atoms with Crippen LogP contribution >= 0.6 is 0 Å². The van der Waals surface area contributed by atoms with E-state index in [1.54, 1.807) is 43.6 Å². The summed E-state index contributed by atoms with van der Waals surface area (Å²) in [5, 5.41) is 6.05. The largest absolute Gasteiger partial charge is 0.497 e. The number of benzene rings is 1. The Morgan fingerprint density at radius 2 is 2.09 bits per heavy atom. The molecule has 0 aliphatic carbocycles. The second kappa shape index (κ2) is 7.45. The van der Waals surface area contributed by atoms with E-state index in [4.69, 9.17) is 4.74 Å². The molecule has 2 N–H and O–H groups in total. The van der Waals surface area contributed by atoms with Crippen LogP contribution in [-0.2, 0) is 0 Å². The van der Waals surface area contributed by atoms with E-state index in [-0.39, 0.29) is 5.91 Å². The fourth-order valence-corrected chi connectivity index (χ4v) is 1.85. The predicted molar refractivity (Wildman–Crippen MR) is 88.5 cm³/mol. The van der Waals surface area contributed by atoms with Gasteiger partial charge in [0.05, 0.1) is 19.0 Å². The van der Waals surface area contributed by atoms with Crippen LogP contribution in [-0.4, -0.2) is 24.5 Å². The molecule has 0 bridgehead atoms. The van der Waals surface area contributed by atoms with Crippen LogP contribution in [0.15, 0.2) is 42.6 Å². The van der Waals surface area contributed by atoms with Gasteiger partial charge in [-0.1, -0.05) is 19.9 Å². The zero-order valence-corrected chi connectivity index (χ0v) is 13.1. The summed E-state index contributed by atoms with van der Waals surface area (Å²) < 4.78 is 5.11. The van der Waals surface area contributed by atoms with Crippen LogP contribution in [0.2, 0.25) is 0 Å². The lowest BCUT2D eigenvalue weighted by atomic mass is 10.2. The highest BCUT2D eigenvalue weighted by Crippen LogP contribution is 2.15. The first kappa shape index (κ1) is 15.8. The van der Waals surface area contributed by atoms with Crippen LogP contribution < -0.4 is 15.4 Å². The molecule has 1 amide bonds. The number of aromatic nitrogens is 1. The Kier molecular flexibility index (Phi) is 5.36. The molecule has 5 heteroatoms. The van der Waals surface area contributed by atoms with Crippen molar-refractivity contribution in [3.05, 3.63) is 48.2 Å². The maximum atomic E-state index is 12.2.